The van der Waals surface area contributed by atoms with Gasteiger partial charge in [0.2, 0.25) is 0 Å². The Hall–Kier alpha value is -3.09. The maximum absolute atomic E-state index is 13.4. The van der Waals surface area contributed by atoms with Gasteiger partial charge in [0.05, 0.1) is 12.0 Å². The third-order valence-electron chi connectivity index (χ3n) is 6.73. The van der Waals surface area contributed by atoms with Crippen molar-refractivity contribution in [1.29, 1.82) is 5.26 Å². The van der Waals surface area contributed by atoms with Crippen LogP contribution in [0.5, 0.6) is 5.75 Å². The molecule has 7 nitrogen and oxygen atoms in total. The fourth-order valence-corrected chi connectivity index (χ4v) is 6.19. The summed E-state index contributed by atoms with van der Waals surface area (Å²) in [5.74, 6) is 1.27. The maximum atomic E-state index is 13.4. The van der Waals surface area contributed by atoms with Gasteiger partial charge in [0.15, 0.2) is 0 Å². The number of carbonyl (C=O) groups excluding carboxylic acids is 1. The number of anilines is 1. The number of amides is 1. The van der Waals surface area contributed by atoms with Crippen molar-refractivity contribution in [1.82, 2.24) is 9.47 Å². The van der Waals surface area contributed by atoms with Gasteiger partial charge in [0.1, 0.15) is 27.5 Å². The number of thioether (sulfide) groups is 1. The Labute approximate surface area is 221 Å². The first-order valence-electron chi connectivity index (χ1n) is 12.2. The number of ether oxygens (including phenoxy) is 1. The lowest BCUT2D eigenvalue weighted by molar-refractivity contribution is -0.123. The summed E-state index contributed by atoms with van der Waals surface area (Å²) in [5.41, 5.74) is 1.99. The summed E-state index contributed by atoms with van der Waals surface area (Å²) in [6, 6.07) is 9.92. The molecule has 0 unspecified atom stereocenters. The third-order valence-corrected chi connectivity index (χ3v) is 8.06. The van der Waals surface area contributed by atoms with Crippen molar-refractivity contribution in [2.24, 2.45) is 0 Å². The van der Waals surface area contributed by atoms with Gasteiger partial charge in [-0.2, -0.15) is 5.26 Å². The Bertz CT molecular complexity index is 1300. The Kier molecular flexibility index (Phi) is 8.17. The lowest BCUT2D eigenvalue weighted by Gasteiger charge is -2.22. The van der Waals surface area contributed by atoms with Crippen molar-refractivity contribution in [3.05, 3.63) is 61.8 Å². The van der Waals surface area contributed by atoms with Gasteiger partial charge in [-0.15, -0.1) is 0 Å². The predicted molar refractivity (Wildman–Crippen MR) is 148 cm³/mol. The van der Waals surface area contributed by atoms with E-state index in [0.29, 0.717) is 45.7 Å². The van der Waals surface area contributed by atoms with E-state index < -0.39 is 0 Å². The average Bonchev–Trinajstić information content (AvgIpc) is 3.49. The number of thiocarbonyl (C=S) groups is 1. The minimum Gasteiger partial charge on any atom is -0.497 e. The van der Waals surface area contributed by atoms with Crippen LogP contribution in [0.25, 0.3) is 6.08 Å². The highest BCUT2D eigenvalue weighted by Gasteiger charge is 2.38. The summed E-state index contributed by atoms with van der Waals surface area (Å²) in [6.07, 6.45) is 6.65. The number of aromatic nitrogens is 1. The summed E-state index contributed by atoms with van der Waals surface area (Å²) >= 11 is 6.87. The van der Waals surface area contributed by atoms with Gasteiger partial charge in [-0.1, -0.05) is 55.9 Å². The number of hydrogen-bond acceptors (Lipinski definition) is 7. The second-order valence-corrected chi connectivity index (χ2v) is 10.7. The molecule has 1 amide bonds. The van der Waals surface area contributed by atoms with Gasteiger partial charge in [0, 0.05) is 24.7 Å². The molecule has 1 saturated heterocycles. The van der Waals surface area contributed by atoms with Crippen LogP contribution < -0.4 is 15.6 Å². The van der Waals surface area contributed by atoms with E-state index in [4.69, 9.17) is 17.0 Å². The molecule has 9 heteroatoms. The molecule has 1 aromatic heterocycles. The Morgan fingerprint density at radius 1 is 1.25 bits per heavy atom. The van der Waals surface area contributed by atoms with Gasteiger partial charge in [0.25, 0.3) is 11.5 Å². The van der Waals surface area contributed by atoms with Crippen LogP contribution >= 0.6 is 24.0 Å². The van der Waals surface area contributed by atoms with Crippen molar-refractivity contribution >= 4 is 46.1 Å². The number of hydrogen-bond donors (Lipinski definition) is 1. The molecule has 0 bridgehead atoms. The van der Waals surface area contributed by atoms with Gasteiger partial charge < -0.3 is 10.1 Å². The van der Waals surface area contributed by atoms with Gasteiger partial charge in [-0.05, 0) is 55.5 Å². The van der Waals surface area contributed by atoms with Gasteiger partial charge in [-0.3, -0.25) is 19.1 Å². The highest BCUT2D eigenvalue weighted by Crippen LogP contribution is 2.39. The van der Waals surface area contributed by atoms with Crippen molar-refractivity contribution in [2.45, 2.75) is 65.1 Å². The number of nitrogens with zero attached hydrogens (tertiary/aromatic N) is 3. The molecule has 0 spiro atoms. The molecule has 2 heterocycles. The summed E-state index contributed by atoms with van der Waals surface area (Å²) in [4.78, 5) is 28.9. The molecule has 1 N–H and O–H groups in total. The van der Waals surface area contributed by atoms with E-state index >= 15 is 0 Å². The van der Waals surface area contributed by atoms with Crippen LogP contribution in [0.4, 0.5) is 5.82 Å². The highest BCUT2D eigenvalue weighted by molar-refractivity contribution is 8.26. The lowest BCUT2D eigenvalue weighted by Crippen LogP contribution is -2.36. The van der Waals surface area contributed by atoms with E-state index in [1.165, 1.54) is 11.8 Å². The van der Waals surface area contributed by atoms with Crippen LogP contribution in [0.3, 0.4) is 0 Å². The van der Waals surface area contributed by atoms with Crippen LogP contribution in [-0.4, -0.2) is 32.8 Å². The molecule has 2 aliphatic rings. The predicted octanol–water partition coefficient (Wildman–Crippen LogP) is 5.20. The fraction of sp³-hybridized carbons (Fsp3) is 0.407. The van der Waals surface area contributed by atoms with E-state index in [-0.39, 0.29) is 23.1 Å². The summed E-state index contributed by atoms with van der Waals surface area (Å²) in [6.45, 7) is 4.65. The molecule has 1 aliphatic heterocycles. The molecule has 1 aromatic carbocycles. The topological polar surface area (TPSA) is 87.4 Å². The van der Waals surface area contributed by atoms with Crippen LogP contribution in [0.1, 0.15) is 61.3 Å². The SMILES string of the molecule is CCCn1c(NCc2ccc(OC)cc2)c(/C=C2/SC(=S)N(C3CCCC3)C2=O)c(C)c(C#N)c1=O. The second kappa shape index (κ2) is 11.3. The number of nitriles is 1. The molecule has 0 atom stereocenters. The molecule has 4 rings (SSSR count). The molecule has 1 aliphatic carbocycles. The first-order valence-corrected chi connectivity index (χ1v) is 13.4. The van der Waals surface area contributed by atoms with E-state index in [0.717, 1.165) is 37.0 Å². The first-order chi connectivity index (χ1) is 17.4. The number of pyridine rings is 1. The minimum atomic E-state index is -0.329. The van der Waals surface area contributed by atoms with Gasteiger partial charge in [-0.25, -0.2) is 0 Å². The Morgan fingerprint density at radius 3 is 2.56 bits per heavy atom. The zero-order valence-electron chi connectivity index (χ0n) is 20.8. The number of rotatable bonds is 8. The number of nitrogens with one attached hydrogen (secondary N) is 1. The molecular weight excluding hydrogens is 492 g/mol. The molecular formula is C27H30N4O3S2. The minimum absolute atomic E-state index is 0.0934. The van der Waals surface area contributed by atoms with Crippen molar-refractivity contribution in [2.75, 3.05) is 12.4 Å². The lowest BCUT2D eigenvalue weighted by atomic mass is 10.0. The molecule has 36 heavy (non-hydrogen) atoms. The van der Waals surface area contributed by atoms with E-state index in [1.54, 1.807) is 29.6 Å². The second-order valence-electron chi connectivity index (χ2n) is 9.02. The molecule has 2 fully saturated rings. The number of benzene rings is 1. The number of methoxy groups -OCH3 is 1. The van der Waals surface area contributed by atoms with E-state index in [9.17, 15) is 14.9 Å². The third kappa shape index (κ3) is 5.06. The van der Waals surface area contributed by atoms with Gasteiger partial charge >= 0.3 is 0 Å². The van der Waals surface area contributed by atoms with Crippen molar-refractivity contribution in [3.8, 4) is 11.8 Å². The van der Waals surface area contributed by atoms with Crippen LogP contribution in [0.15, 0.2) is 34.0 Å². The highest BCUT2D eigenvalue weighted by atomic mass is 32.2. The zero-order valence-corrected chi connectivity index (χ0v) is 22.4. The van der Waals surface area contributed by atoms with Crippen molar-refractivity contribution in [3.63, 3.8) is 0 Å². The first kappa shape index (κ1) is 26.0. The van der Waals surface area contributed by atoms with E-state index in [2.05, 4.69) is 11.4 Å². The zero-order chi connectivity index (χ0) is 25.8. The summed E-state index contributed by atoms with van der Waals surface area (Å²) in [7, 11) is 1.62. The Morgan fingerprint density at radius 2 is 1.94 bits per heavy atom. The monoisotopic (exact) mass is 522 g/mol. The molecule has 2 aromatic rings. The van der Waals surface area contributed by atoms with E-state index in [1.807, 2.05) is 31.2 Å². The largest absolute Gasteiger partial charge is 0.497 e. The molecule has 1 saturated carbocycles. The number of carbonyl (C=O) groups is 1. The van der Waals surface area contributed by atoms with Crippen LogP contribution in [-0.2, 0) is 17.9 Å². The molecule has 0 radical (unpaired) electrons. The van der Waals surface area contributed by atoms with Crippen molar-refractivity contribution < 1.29 is 9.53 Å². The summed E-state index contributed by atoms with van der Waals surface area (Å²) in [5, 5.41) is 13.2. The molecule has 188 valence electrons. The van der Waals surface area contributed by atoms with Crippen LogP contribution in [0, 0.1) is 18.3 Å². The average molecular weight is 523 g/mol. The standard InChI is InChI=1S/C27H30N4O3S2/c1-4-13-30-24(29-16-18-9-11-20(34-3)12-10-18)21(17(2)22(15-28)25(30)32)14-23-26(33)31(27(35)36-23)19-7-5-6-8-19/h9-12,14,19,29H,4-8,13,16H2,1-3H3/b23-14+. The maximum Gasteiger partial charge on any atom is 0.270 e. The summed E-state index contributed by atoms with van der Waals surface area (Å²) < 4.78 is 7.43. The quantitative estimate of drug-likeness (QED) is 0.376. The van der Waals surface area contributed by atoms with Crippen LogP contribution in [0.2, 0.25) is 0 Å². The fourth-order valence-electron chi connectivity index (χ4n) is 4.81. The smallest absolute Gasteiger partial charge is 0.270 e. The normalized spacial score (nSPS) is 17.2. The Balaban J connectivity index is 1.78.